The van der Waals surface area contributed by atoms with Gasteiger partial charge in [0, 0.05) is 6.08 Å². The van der Waals surface area contributed by atoms with Gasteiger partial charge in [-0.25, -0.2) is 4.79 Å². The molecule has 31 heavy (non-hydrogen) atoms. The number of fused-ring (bicyclic) bond motifs is 1. The molecule has 0 unspecified atom stereocenters. The van der Waals surface area contributed by atoms with Crippen LogP contribution in [-0.2, 0) is 20.4 Å². The van der Waals surface area contributed by atoms with Gasteiger partial charge in [-0.2, -0.15) is 13.2 Å². The van der Waals surface area contributed by atoms with E-state index in [-0.39, 0.29) is 23.0 Å². The maximum absolute atomic E-state index is 14.0. The molecule has 0 spiro atoms. The van der Waals surface area contributed by atoms with Crippen LogP contribution in [-0.4, -0.2) is 18.8 Å². The van der Waals surface area contributed by atoms with Crippen LogP contribution in [0.3, 0.4) is 0 Å². The van der Waals surface area contributed by atoms with Crippen molar-refractivity contribution in [2.45, 2.75) is 78.3 Å². The van der Waals surface area contributed by atoms with Crippen LogP contribution in [0.15, 0.2) is 42.0 Å². The average Bonchev–Trinajstić information content (AvgIpc) is 2.62. The van der Waals surface area contributed by atoms with Crippen LogP contribution in [0.5, 0.6) is 0 Å². The normalized spacial score (nSPS) is 18.8. The fraction of sp³-hybridized carbons (Fsp3) is 0.500. The summed E-state index contributed by atoms with van der Waals surface area (Å²) in [6.45, 7) is 13.8. The Labute approximate surface area is 183 Å². The van der Waals surface area contributed by atoms with Gasteiger partial charge in [-0.05, 0) is 78.3 Å². The molecule has 0 saturated heterocycles. The second-order valence-corrected chi connectivity index (χ2v) is 9.56. The standard InChI is InChI=1S/C26H33F3O2/c1-8-31-23(30)14-17(2)10-9-11-20(26(27,28)29)19-16-22-21(15-18(19)3)24(4,5)12-13-25(22,6)7/h9-11,14-16H,8,12-13H2,1-7H3/b10-9+,17-14+,20-11+. The van der Waals surface area contributed by atoms with Gasteiger partial charge in [0.15, 0.2) is 0 Å². The van der Waals surface area contributed by atoms with E-state index in [1.54, 1.807) is 26.8 Å². The van der Waals surface area contributed by atoms with Gasteiger partial charge in [-0.1, -0.05) is 52.0 Å². The average molecular weight is 435 g/mol. The number of hydrogen-bond donors (Lipinski definition) is 0. The fourth-order valence-corrected chi connectivity index (χ4v) is 4.06. The van der Waals surface area contributed by atoms with E-state index >= 15 is 0 Å². The molecule has 5 heteroatoms. The number of rotatable bonds is 5. The van der Waals surface area contributed by atoms with E-state index in [1.165, 1.54) is 18.2 Å². The molecule has 0 amide bonds. The second kappa shape index (κ2) is 9.05. The van der Waals surface area contributed by atoms with E-state index in [1.807, 2.05) is 6.07 Å². The number of carbonyl (C=O) groups excluding carboxylic acids is 1. The number of carbonyl (C=O) groups is 1. The predicted octanol–water partition coefficient (Wildman–Crippen LogP) is 7.36. The van der Waals surface area contributed by atoms with Crippen LogP contribution in [0.4, 0.5) is 13.2 Å². The number of halogens is 3. The first-order valence-electron chi connectivity index (χ1n) is 10.7. The summed E-state index contributed by atoms with van der Waals surface area (Å²) in [6, 6.07) is 3.67. The molecule has 1 aromatic rings. The van der Waals surface area contributed by atoms with E-state index in [4.69, 9.17) is 4.74 Å². The number of alkyl halides is 3. The molecule has 0 radical (unpaired) electrons. The van der Waals surface area contributed by atoms with E-state index in [0.29, 0.717) is 11.1 Å². The van der Waals surface area contributed by atoms with Crippen molar-refractivity contribution in [2.24, 2.45) is 0 Å². The highest BCUT2D eigenvalue weighted by molar-refractivity contribution is 5.83. The van der Waals surface area contributed by atoms with Gasteiger partial charge in [0.2, 0.25) is 0 Å². The van der Waals surface area contributed by atoms with E-state index in [2.05, 4.69) is 27.7 Å². The summed E-state index contributed by atoms with van der Waals surface area (Å²) in [7, 11) is 0. The molecule has 0 N–H and O–H groups in total. The van der Waals surface area contributed by atoms with Gasteiger partial charge in [-0.3, -0.25) is 0 Å². The highest BCUT2D eigenvalue weighted by Gasteiger charge is 2.40. The van der Waals surface area contributed by atoms with Gasteiger partial charge >= 0.3 is 12.1 Å². The molecule has 2 nitrogen and oxygen atoms in total. The topological polar surface area (TPSA) is 26.3 Å². The third-order valence-electron chi connectivity index (χ3n) is 6.05. The molecular weight excluding hydrogens is 401 g/mol. The zero-order valence-corrected chi connectivity index (χ0v) is 19.5. The Morgan fingerprint density at radius 2 is 1.65 bits per heavy atom. The minimum absolute atomic E-state index is 0.0643. The van der Waals surface area contributed by atoms with Crippen molar-refractivity contribution in [2.75, 3.05) is 6.61 Å². The van der Waals surface area contributed by atoms with Crippen molar-refractivity contribution >= 4 is 11.5 Å². The third-order valence-corrected chi connectivity index (χ3v) is 6.05. The number of benzene rings is 1. The zero-order chi connectivity index (χ0) is 23.6. The molecule has 2 rings (SSSR count). The summed E-state index contributed by atoms with van der Waals surface area (Å²) in [6.07, 6.45) is 2.58. The Morgan fingerprint density at radius 3 is 2.16 bits per heavy atom. The van der Waals surface area contributed by atoms with E-state index in [0.717, 1.165) is 30.0 Å². The molecule has 0 aliphatic heterocycles. The molecule has 0 fully saturated rings. The summed E-state index contributed by atoms with van der Waals surface area (Å²) in [4.78, 5) is 11.5. The molecule has 1 aliphatic carbocycles. The molecule has 170 valence electrons. The number of aryl methyl sites for hydroxylation is 1. The van der Waals surface area contributed by atoms with Crippen molar-refractivity contribution in [3.8, 4) is 0 Å². The Kier molecular flexibility index (Phi) is 7.29. The van der Waals surface area contributed by atoms with Crippen LogP contribution < -0.4 is 0 Å². The molecule has 1 aromatic carbocycles. The van der Waals surface area contributed by atoms with Crippen LogP contribution in [0.2, 0.25) is 0 Å². The van der Waals surface area contributed by atoms with Gasteiger partial charge in [-0.15, -0.1) is 0 Å². The van der Waals surface area contributed by atoms with Crippen molar-refractivity contribution in [3.63, 3.8) is 0 Å². The van der Waals surface area contributed by atoms with Crippen LogP contribution in [0, 0.1) is 6.92 Å². The number of ether oxygens (including phenoxy) is 1. The smallest absolute Gasteiger partial charge is 0.416 e. The van der Waals surface area contributed by atoms with Crippen molar-refractivity contribution < 1.29 is 22.7 Å². The maximum atomic E-state index is 14.0. The molecule has 0 bridgehead atoms. The minimum atomic E-state index is -4.50. The second-order valence-electron chi connectivity index (χ2n) is 9.56. The quantitative estimate of drug-likeness (QED) is 0.275. The first-order valence-corrected chi connectivity index (χ1v) is 10.7. The highest BCUT2D eigenvalue weighted by Crippen LogP contribution is 2.48. The molecule has 0 aromatic heterocycles. The number of esters is 1. The number of allylic oxidation sites excluding steroid dienone is 5. The molecule has 0 saturated carbocycles. The summed E-state index contributed by atoms with van der Waals surface area (Å²) < 4.78 is 46.8. The first kappa shape index (κ1) is 25.0. The van der Waals surface area contributed by atoms with Crippen LogP contribution in [0.1, 0.15) is 76.6 Å². The maximum Gasteiger partial charge on any atom is 0.416 e. The molecule has 1 aliphatic rings. The highest BCUT2D eigenvalue weighted by atomic mass is 19.4. The largest absolute Gasteiger partial charge is 0.463 e. The molecular formula is C26H33F3O2. The summed E-state index contributed by atoms with van der Waals surface area (Å²) in [5, 5.41) is 0. The predicted molar refractivity (Wildman–Crippen MR) is 120 cm³/mol. The molecule has 0 atom stereocenters. The lowest BCUT2D eigenvalue weighted by Gasteiger charge is -2.42. The van der Waals surface area contributed by atoms with Crippen LogP contribution in [0.25, 0.3) is 5.57 Å². The lowest BCUT2D eigenvalue weighted by atomic mass is 9.62. The van der Waals surface area contributed by atoms with Gasteiger partial charge in [0.25, 0.3) is 0 Å². The monoisotopic (exact) mass is 434 g/mol. The van der Waals surface area contributed by atoms with Gasteiger partial charge < -0.3 is 4.74 Å². The lowest BCUT2D eigenvalue weighted by Crippen LogP contribution is -2.34. The van der Waals surface area contributed by atoms with Crippen molar-refractivity contribution in [3.05, 3.63) is 64.3 Å². The van der Waals surface area contributed by atoms with Crippen molar-refractivity contribution in [1.82, 2.24) is 0 Å². The van der Waals surface area contributed by atoms with Crippen molar-refractivity contribution in [1.29, 1.82) is 0 Å². The Hall–Kier alpha value is -2.30. The van der Waals surface area contributed by atoms with E-state index < -0.39 is 17.7 Å². The van der Waals surface area contributed by atoms with Gasteiger partial charge in [0.05, 0.1) is 12.2 Å². The Bertz CT molecular complexity index is 929. The third kappa shape index (κ3) is 5.90. The van der Waals surface area contributed by atoms with Crippen LogP contribution >= 0.6 is 0 Å². The molecule has 0 heterocycles. The Balaban J connectivity index is 2.55. The summed E-state index contributed by atoms with van der Waals surface area (Å²) in [5.41, 5.74) is 2.52. The van der Waals surface area contributed by atoms with Gasteiger partial charge in [0.1, 0.15) is 0 Å². The SMILES string of the molecule is CCOC(=O)/C=C(C)/C=C/C=C(\c1cc2c(cc1C)C(C)(C)CCC2(C)C)C(F)(F)F. The first-order chi connectivity index (χ1) is 14.2. The Morgan fingerprint density at radius 1 is 1.10 bits per heavy atom. The van der Waals surface area contributed by atoms with E-state index in [9.17, 15) is 18.0 Å². The number of hydrogen-bond acceptors (Lipinski definition) is 2. The fourth-order valence-electron chi connectivity index (χ4n) is 4.06. The summed E-state index contributed by atoms with van der Waals surface area (Å²) in [5.74, 6) is -0.514. The minimum Gasteiger partial charge on any atom is -0.463 e. The zero-order valence-electron chi connectivity index (χ0n) is 19.5. The summed E-state index contributed by atoms with van der Waals surface area (Å²) >= 11 is 0. The lowest BCUT2D eigenvalue weighted by molar-refractivity contribution is -0.137.